The van der Waals surface area contributed by atoms with Gasteiger partial charge in [0, 0.05) is 24.2 Å². The molecule has 0 fully saturated rings. The van der Waals surface area contributed by atoms with Crippen LogP contribution in [0.5, 0.6) is 5.75 Å². The first-order valence-electron chi connectivity index (χ1n) is 10.2. The lowest BCUT2D eigenvalue weighted by Crippen LogP contribution is -3.10. The Labute approximate surface area is 169 Å². The molecule has 3 rings (SSSR count). The van der Waals surface area contributed by atoms with Crippen LogP contribution in [0.3, 0.4) is 0 Å². The van der Waals surface area contributed by atoms with Crippen LogP contribution in [-0.4, -0.2) is 18.2 Å². The zero-order chi connectivity index (χ0) is 19.9. The Morgan fingerprint density at radius 2 is 1.71 bits per heavy atom. The van der Waals surface area contributed by atoms with E-state index in [0.717, 1.165) is 31.9 Å². The van der Waals surface area contributed by atoms with Crippen LogP contribution in [0.2, 0.25) is 0 Å². The Morgan fingerprint density at radius 1 is 0.929 bits per heavy atom. The minimum absolute atomic E-state index is 0.669. The van der Waals surface area contributed by atoms with Crippen molar-refractivity contribution in [3.63, 3.8) is 0 Å². The lowest BCUT2D eigenvalue weighted by atomic mass is 10.1. The van der Waals surface area contributed by atoms with Gasteiger partial charge in [-0.3, -0.25) is 0 Å². The van der Waals surface area contributed by atoms with Crippen LogP contribution in [0.25, 0.3) is 0 Å². The highest BCUT2D eigenvalue weighted by atomic mass is 16.5. The zero-order valence-electron chi connectivity index (χ0n) is 17.6. The number of aromatic nitrogens is 1. The number of methoxy groups -OCH3 is 1. The minimum atomic E-state index is 0.669. The molecule has 1 heterocycles. The van der Waals surface area contributed by atoms with Gasteiger partial charge in [-0.2, -0.15) is 0 Å². The topological polar surface area (TPSA) is 18.6 Å². The molecular weight excluding hydrogens is 344 g/mol. The maximum Gasteiger partial charge on any atom is 0.119 e. The van der Waals surface area contributed by atoms with Gasteiger partial charge in [0.2, 0.25) is 0 Å². The smallest absolute Gasteiger partial charge is 0.119 e. The van der Waals surface area contributed by atoms with E-state index in [9.17, 15) is 0 Å². The summed E-state index contributed by atoms with van der Waals surface area (Å²) in [6.07, 6.45) is 2.19. The number of nitrogens with zero attached hydrogens (tertiary/aromatic N) is 1. The molecule has 148 valence electrons. The largest absolute Gasteiger partial charge is 0.497 e. The predicted octanol–water partition coefficient (Wildman–Crippen LogP) is 4.09. The maximum atomic E-state index is 5.37. The van der Waals surface area contributed by atoms with E-state index in [1.54, 1.807) is 12.0 Å². The van der Waals surface area contributed by atoms with Gasteiger partial charge in [0.1, 0.15) is 18.8 Å². The highest BCUT2D eigenvalue weighted by Crippen LogP contribution is 2.15. The number of hydrogen-bond acceptors (Lipinski definition) is 1. The van der Waals surface area contributed by atoms with Crippen molar-refractivity contribution in [2.75, 3.05) is 13.7 Å². The number of benzene rings is 2. The van der Waals surface area contributed by atoms with Crippen molar-refractivity contribution in [1.82, 2.24) is 4.57 Å². The lowest BCUT2D eigenvalue weighted by Gasteiger charge is -2.22. The second kappa shape index (κ2) is 9.61. The molecule has 1 atom stereocenters. The van der Waals surface area contributed by atoms with Crippen LogP contribution in [0.15, 0.2) is 66.9 Å². The third-order valence-electron chi connectivity index (χ3n) is 5.11. The van der Waals surface area contributed by atoms with E-state index < -0.39 is 0 Å². The van der Waals surface area contributed by atoms with Gasteiger partial charge in [-0.15, -0.1) is 0 Å². The molecule has 0 saturated carbocycles. The van der Waals surface area contributed by atoms with Crippen LogP contribution < -0.4 is 9.64 Å². The van der Waals surface area contributed by atoms with Crippen molar-refractivity contribution in [3.05, 3.63) is 89.2 Å². The van der Waals surface area contributed by atoms with Gasteiger partial charge in [-0.25, -0.2) is 0 Å². The summed E-state index contributed by atoms with van der Waals surface area (Å²) in [6.45, 7) is 10.9. The fraction of sp³-hybridized carbons (Fsp3) is 0.360. The summed E-state index contributed by atoms with van der Waals surface area (Å²) in [5, 5.41) is 0. The Morgan fingerprint density at radius 3 is 2.43 bits per heavy atom. The first-order valence-corrected chi connectivity index (χ1v) is 10.2. The van der Waals surface area contributed by atoms with E-state index in [1.807, 2.05) is 6.07 Å². The van der Waals surface area contributed by atoms with Gasteiger partial charge in [0.05, 0.1) is 19.3 Å². The quantitative estimate of drug-likeness (QED) is 0.595. The number of rotatable bonds is 9. The summed E-state index contributed by atoms with van der Waals surface area (Å²) >= 11 is 0. The zero-order valence-corrected chi connectivity index (χ0v) is 17.6. The molecule has 0 aliphatic carbocycles. The first kappa shape index (κ1) is 20.2. The lowest BCUT2D eigenvalue weighted by molar-refractivity contribution is -0.930. The van der Waals surface area contributed by atoms with Crippen LogP contribution in [0, 0.1) is 12.8 Å². The second-order valence-corrected chi connectivity index (χ2v) is 8.17. The average molecular weight is 378 g/mol. The second-order valence-electron chi connectivity index (χ2n) is 8.17. The fourth-order valence-corrected chi connectivity index (χ4v) is 3.77. The molecule has 1 N–H and O–H groups in total. The summed E-state index contributed by atoms with van der Waals surface area (Å²) in [5.41, 5.74) is 5.37. The summed E-state index contributed by atoms with van der Waals surface area (Å²) in [4.78, 5) is 1.60. The highest BCUT2D eigenvalue weighted by molar-refractivity contribution is 5.29. The highest BCUT2D eigenvalue weighted by Gasteiger charge is 2.15. The van der Waals surface area contributed by atoms with Gasteiger partial charge >= 0.3 is 0 Å². The van der Waals surface area contributed by atoms with Crippen LogP contribution in [-0.2, 0) is 19.6 Å². The monoisotopic (exact) mass is 377 g/mol. The first-order chi connectivity index (χ1) is 13.5. The van der Waals surface area contributed by atoms with Crippen LogP contribution in [0.4, 0.5) is 0 Å². The molecule has 0 saturated heterocycles. The molecule has 0 radical (unpaired) electrons. The van der Waals surface area contributed by atoms with Gasteiger partial charge in [-0.1, -0.05) is 55.8 Å². The van der Waals surface area contributed by atoms with Crippen LogP contribution in [0.1, 0.15) is 36.2 Å². The summed E-state index contributed by atoms with van der Waals surface area (Å²) in [5.74, 6) is 1.58. The molecule has 2 aromatic carbocycles. The molecule has 0 aliphatic heterocycles. The van der Waals surface area contributed by atoms with E-state index in [2.05, 4.69) is 86.1 Å². The molecular formula is C25H33N2O+. The molecule has 28 heavy (non-hydrogen) atoms. The maximum absolute atomic E-state index is 5.37. The van der Waals surface area contributed by atoms with Gasteiger partial charge in [0.25, 0.3) is 0 Å². The molecule has 3 aromatic rings. The molecule has 0 amide bonds. The molecule has 0 aliphatic rings. The molecule has 3 nitrogen and oxygen atoms in total. The molecule has 0 bridgehead atoms. The van der Waals surface area contributed by atoms with Crippen molar-refractivity contribution in [1.29, 1.82) is 0 Å². The van der Waals surface area contributed by atoms with Gasteiger partial charge in [0.15, 0.2) is 0 Å². The van der Waals surface area contributed by atoms with Crippen LogP contribution >= 0.6 is 0 Å². The van der Waals surface area contributed by atoms with E-state index in [1.165, 1.54) is 22.4 Å². The van der Waals surface area contributed by atoms with Gasteiger partial charge in [-0.05, 0) is 36.8 Å². The predicted molar refractivity (Wildman–Crippen MR) is 116 cm³/mol. The van der Waals surface area contributed by atoms with Crippen molar-refractivity contribution in [2.24, 2.45) is 5.92 Å². The Hall–Kier alpha value is -2.52. The van der Waals surface area contributed by atoms with E-state index >= 15 is 0 Å². The fourth-order valence-electron chi connectivity index (χ4n) is 3.77. The van der Waals surface area contributed by atoms with E-state index in [4.69, 9.17) is 4.74 Å². The Bertz CT molecular complexity index is 864. The number of hydrogen-bond donors (Lipinski definition) is 1. The molecule has 0 spiro atoms. The van der Waals surface area contributed by atoms with Gasteiger partial charge < -0.3 is 14.2 Å². The van der Waals surface area contributed by atoms with E-state index in [-0.39, 0.29) is 0 Å². The molecule has 3 heteroatoms. The normalized spacial score (nSPS) is 12.3. The number of quaternary nitrogens is 1. The standard InChI is InChI=1S/C25H32N2O/c1-20(2)16-26(17-22-12-10-21(3)11-13-22)19-24-8-6-14-27(24)18-23-7-5-9-25(15-23)28-4/h5-15,20H,16-19H2,1-4H3/p+1. The van der Waals surface area contributed by atoms with E-state index in [0.29, 0.717) is 5.92 Å². The Balaban J connectivity index is 1.73. The van der Waals surface area contributed by atoms with Crippen molar-refractivity contribution >= 4 is 0 Å². The van der Waals surface area contributed by atoms with Crippen molar-refractivity contribution in [2.45, 2.75) is 40.4 Å². The average Bonchev–Trinajstić information content (AvgIpc) is 3.10. The SMILES string of the molecule is COc1cccc(Cn2cccc2C[NH+](Cc2ccc(C)cc2)CC(C)C)c1. The molecule has 1 aromatic heterocycles. The summed E-state index contributed by atoms with van der Waals surface area (Å²) in [7, 11) is 1.72. The Kier molecular flexibility index (Phi) is 6.94. The summed E-state index contributed by atoms with van der Waals surface area (Å²) < 4.78 is 7.74. The number of aryl methyl sites for hydroxylation is 1. The minimum Gasteiger partial charge on any atom is -0.497 e. The number of ether oxygens (including phenoxy) is 1. The molecule has 1 unspecified atom stereocenters. The van der Waals surface area contributed by atoms with Crippen molar-refractivity contribution in [3.8, 4) is 5.75 Å². The third-order valence-corrected chi connectivity index (χ3v) is 5.11. The van der Waals surface area contributed by atoms with Crippen molar-refractivity contribution < 1.29 is 9.64 Å². The number of nitrogens with one attached hydrogen (secondary N) is 1. The third kappa shape index (κ3) is 5.74. The summed E-state index contributed by atoms with van der Waals surface area (Å²) in [6, 6.07) is 21.7.